The number of halogens is 1. The van der Waals surface area contributed by atoms with Crippen LogP contribution in [0.2, 0.25) is 5.02 Å². The van der Waals surface area contributed by atoms with E-state index in [0.717, 1.165) is 5.02 Å². The molecule has 0 radical (unpaired) electrons. The molecule has 1 N–H and O–H groups in total. The molecule has 0 saturated carbocycles. The zero-order valence-corrected chi connectivity index (χ0v) is 13.3. The highest BCUT2D eigenvalue weighted by molar-refractivity contribution is 6.30. The fraction of sp³-hybridized carbons (Fsp3) is 0.333. The van der Waals surface area contributed by atoms with Crippen molar-refractivity contribution in [1.29, 1.82) is 0 Å². The Balaban J connectivity index is 2.12. The highest BCUT2D eigenvalue weighted by Gasteiger charge is 2.12. The van der Waals surface area contributed by atoms with Crippen LogP contribution in [0.4, 0.5) is 0 Å². The van der Waals surface area contributed by atoms with Gasteiger partial charge in [0.25, 0.3) is 0 Å². The summed E-state index contributed by atoms with van der Waals surface area (Å²) >= 11 is 6.06. The Morgan fingerprint density at radius 3 is 2.05 bits per heavy atom. The molecule has 2 atom stereocenters. The van der Waals surface area contributed by atoms with Crippen molar-refractivity contribution in [2.75, 3.05) is 0 Å². The van der Waals surface area contributed by atoms with Crippen molar-refractivity contribution in [3.8, 4) is 0 Å². The van der Waals surface area contributed by atoms with E-state index in [2.05, 4.69) is 57.3 Å². The van der Waals surface area contributed by atoms with Gasteiger partial charge in [-0.3, -0.25) is 0 Å². The van der Waals surface area contributed by atoms with Crippen LogP contribution in [0, 0.1) is 13.8 Å². The quantitative estimate of drug-likeness (QED) is 0.797. The summed E-state index contributed by atoms with van der Waals surface area (Å²) in [5, 5.41) is 4.42. The Morgan fingerprint density at radius 1 is 0.850 bits per heavy atom. The molecular formula is C18H22ClN. The molecule has 0 aromatic heterocycles. The van der Waals surface area contributed by atoms with E-state index in [-0.39, 0.29) is 6.04 Å². The molecule has 0 aliphatic rings. The second kappa shape index (κ2) is 6.43. The van der Waals surface area contributed by atoms with E-state index in [1.807, 2.05) is 18.2 Å². The van der Waals surface area contributed by atoms with Crippen LogP contribution in [0.25, 0.3) is 0 Å². The third-order valence-electron chi connectivity index (χ3n) is 3.59. The van der Waals surface area contributed by atoms with Crippen molar-refractivity contribution in [2.24, 2.45) is 0 Å². The van der Waals surface area contributed by atoms with E-state index in [0.29, 0.717) is 6.04 Å². The molecular weight excluding hydrogens is 266 g/mol. The molecule has 20 heavy (non-hydrogen) atoms. The minimum atomic E-state index is 0.268. The van der Waals surface area contributed by atoms with Crippen molar-refractivity contribution in [2.45, 2.75) is 39.8 Å². The summed E-state index contributed by atoms with van der Waals surface area (Å²) in [6, 6.07) is 15.3. The average Bonchev–Trinajstić information content (AvgIpc) is 2.37. The fourth-order valence-corrected chi connectivity index (χ4v) is 2.80. The van der Waals surface area contributed by atoms with Crippen LogP contribution in [0.3, 0.4) is 0 Å². The van der Waals surface area contributed by atoms with E-state index >= 15 is 0 Å². The topological polar surface area (TPSA) is 12.0 Å². The maximum Gasteiger partial charge on any atom is 0.0409 e. The van der Waals surface area contributed by atoms with Crippen LogP contribution in [0.5, 0.6) is 0 Å². The minimum Gasteiger partial charge on any atom is -0.304 e. The number of benzene rings is 2. The number of hydrogen-bond donors (Lipinski definition) is 1. The molecule has 2 aromatic rings. The van der Waals surface area contributed by atoms with Crippen molar-refractivity contribution >= 4 is 11.6 Å². The number of hydrogen-bond acceptors (Lipinski definition) is 1. The first-order chi connectivity index (χ1) is 9.45. The average molecular weight is 288 g/mol. The largest absolute Gasteiger partial charge is 0.304 e. The standard InChI is InChI=1S/C18H22ClN/c1-12-8-13(2)10-17(9-12)15(4)20-14(3)16-6-5-7-18(19)11-16/h5-11,14-15,20H,1-4H3. The molecule has 0 saturated heterocycles. The Morgan fingerprint density at radius 2 is 1.45 bits per heavy atom. The molecule has 106 valence electrons. The van der Waals surface area contributed by atoms with Gasteiger partial charge in [0.2, 0.25) is 0 Å². The predicted molar refractivity (Wildman–Crippen MR) is 87.3 cm³/mol. The van der Waals surface area contributed by atoms with Gasteiger partial charge in [-0.15, -0.1) is 0 Å². The Labute approximate surface area is 127 Å². The summed E-state index contributed by atoms with van der Waals surface area (Å²) in [7, 11) is 0. The second-order valence-electron chi connectivity index (χ2n) is 5.59. The predicted octanol–water partition coefficient (Wildman–Crippen LogP) is 5.37. The lowest BCUT2D eigenvalue weighted by molar-refractivity contribution is 0.494. The van der Waals surface area contributed by atoms with E-state index in [4.69, 9.17) is 11.6 Å². The van der Waals surface area contributed by atoms with E-state index in [1.165, 1.54) is 22.3 Å². The first kappa shape index (κ1) is 15.1. The van der Waals surface area contributed by atoms with Crippen molar-refractivity contribution in [3.05, 3.63) is 69.7 Å². The molecule has 0 spiro atoms. The van der Waals surface area contributed by atoms with Crippen molar-refractivity contribution < 1.29 is 0 Å². The normalized spacial score (nSPS) is 14.1. The summed E-state index contributed by atoms with van der Waals surface area (Å²) in [6.45, 7) is 8.66. The lowest BCUT2D eigenvalue weighted by Gasteiger charge is -2.21. The first-order valence-corrected chi connectivity index (χ1v) is 7.43. The van der Waals surface area contributed by atoms with E-state index in [9.17, 15) is 0 Å². The molecule has 2 unspecified atom stereocenters. The van der Waals surface area contributed by atoms with Gasteiger partial charge in [-0.2, -0.15) is 0 Å². The SMILES string of the molecule is Cc1cc(C)cc(C(C)NC(C)c2cccc(Cl)c2)c1. The summed E-state index contributed by atoms with van der Waals surface area (Å²) in [6.07, 6.45) is 0. The van der Waals surface area contributed by atoms with Crippen LogP contribution in [-0.2, 0) is 0 Å². The zero-order chi connectivity index (χ0) is 14.7. The lowest BCUT2D eigenvalue weighted by atomic mass is 10.0. The molecule has 0 heterocycles. The maximum absolute atomic E-state index is 6.06. The van der Waals surface area contributed by atoms with Gasteiger partial charge in [-0.05, 0) is 51.0 Å². The molecule has 0 aliphatic carbocycles. The van der Waals surface area contributed by atoms with Crippen LogP contribution in [0.15, 0.2) is 42.5 Å². The molecule has 0 bridgehead atoms. The Kier molecular flexibility index (Phi) is 4.85. The molecule has 1 nitrogen and oxygen atoms in total. The van der Waals surface area contributed by atoms with Crippen LogP contribution in [-0.4, -0.2) is 0 Å². The third kappa shape index (κ3) is 3.84. The van der Waals surface area contributed by atoms with Gasteiger partial charge in [-0.25, -0.2) is 0 Å². The molecule has 2 aromatic carbocycles. The third-order valence-corrected chi connectivity index (χ3v) is 3.83. The molecule has 2 rings (SSSR count). The van der Waals surface area contributed by atoms with Gasteiger partial charge in [0.1, 0.15) is 0 Å². The van der Waals surface area contributed by atoms with Crippen molar-refractivity contribution in [3.63, 3.8) is 0 Å². The van der Waals surface area contributed by atoms with E-state index in [1.54, 1.807) is 0 Å². The molecule has 0 fully saturated rings. The lowest BCUT2D eigenvalue weighted by Crippen LogP contribution is -2.22. The number of nitrogens with one attached hydrogen (secondary N) is 1. The van der Waals surface area contributed by atoms with Gasteiger partial charge in [0, 0.05) is 17.1 Å². The summed E-state index contributed by atoms with van der Waals surface area (Å²) in [4.78, 5) is 0. The summed E-state index contributed by atoms with van der Waals surface area (Å²) in [5.74, 6) is 0. The van der Waals surface area contributed by atoms with Gasteiger partial charge in [0.05, 0.1) is 0 Å². The number of rotatable bonds is 4. The number of aryl methyl sites for hydroxylation is 2. The highest BCUT2D eigenvalue weighted by Crippen LogP contribution is 2.22. The van der Waals surface area contributed by atoms with Gasteiger partial charge >= 0.3 is 0 Å². The summed E-state index contributed by atoms with van der Waals surface area (Å²) < 4.78 is 0. The van der Waals surface area contributed by atoms with Gasteiger partial charge in [0.15, 0.2) is 0 Å². The zero-order valence-electron chi connectivity index (χ0n) is 12.6. The monoisotopic (exact) mass is 287 g/mol. The van der Waals surface area contributed by atoms with Gasteiger partial charge < -0.3 is 5.32 Å². The second-order valence-corrected chi connectivity index (χ2v) is 6.02. The maximum atomic E-state index is 6.06. The van der Waals surface area contributed by atoms with Crippen molar-refractivity contribution in [1.82, 2.24) is 5.32 Å². The summed E-state index contributed by atoms with van der Waals surface area (Å²) in [5.41, 5.74) is 5.17. The van der Waals surface area contributed by atoms with Crippen LogP contribution >= 0.6 is 11.6 Å². The molecule has 0 amide bonds. The van der Waals surface area contributed by atoms with Crippen LogP contribution in [0.1, 0.15) is 48.2 Å². The van der Waals surface area contributed by atoms with Gasteiger partial charge in [-0.1, -0.05) is 53.1 Å². The fourth-order valence-electron chi connectivity index (χ4n) is 2.60. The van der Waals surface area contributed by atoms with Crippen LogP contribution < -0.4 is 5.32 Å². The molecule has 0 aliphatic heterocycles. The first-order valence-electron chi connectivity index (χ1n) is 7.05. The Hall–Kier alpha value is -1.31. The highest BCUT2D eigenvalue weighted by atomic mass is 35.5. The smallest absolute Gasteiger partial charge is 0.0409 e. The van der Waals surface area contributed by atoms with E-state index < -0.39 is 0 Å². The Bertz CT molecular complexity index is 571. The molecule has 2 heteroatoms. The minimum absolute atomic E-state index is 0.268.